The van der Waals surface area contributed by atoms with Gasteiger partial charge in [-0.25, -0.2) is 0 Å². The summed E-state index contributed by atoms with van der Waals surface area (Å²) in [6.07, 6.45) is 3.01. The third-order valence-corrected chi connectivity index (χ3v) is 2.72. The van der Waals surface area contributed by atoms with Crippen LogP contribution >= 0.6 is 0 Å². The number of ketones is 1. The minimum atomic E-state index is 0.132. The summed E-state index contributed by atoms with van der Waals surface area (Å²) in [5.41, 5.74) is 2.04. The van der Waals surface area contributed by atoms with Crippen LogP contribution in [-0.4, -0.2) is 5.78 Å². The Morgan fingerprint density at radius 1 is 1.67 bits per heavy atom. The molecule has 1 aliphatic rings. The van der Waals surface area contributed by atoms with Crippen molar-refractivity contribution in [3.8, 4) is 0 Å². The van der Waals surface area contributed by atoms with Crippen LogP contribution in [0.3, 0.4) is 0 Å². The standard InChI is InChI=1S/C11H16O/c1-7(2)10-6-5-8(3)11(12)9(10)4/h5,9-10H,1,6H2,2-4H3/t9-,10+/m1/s1. The molecular weight excluding hydrogens is 148 g/mol. The van der Waals surface area contributed by atoms with Gasteiger partial charge in [0.05, 0.1) is 0 Å². The molecule has 1 rings (SSSR count). The maximum Gasteiger partial charge on any atom is 0.161 e. The van der Waals surface area contributed by atoms with Crippen LogP contribution < -0.4 is 0 Å². The van der Waals surface area contributed by atoms with E-state index < -0.39 is 0 Å². The van der Waals surface area contributed by atoms with E-state index in [1.807, 2.05) is 26.8 Å². The van der Waals surface area contributed by atoms with Crippen LogP contribution in [0.2, 0.25) is 0 Å². The fraction of sp³-hybridized carbons (Fsp3) is 0.545. The highest BCUT2D eigenvalue weighted by atomic mass is 16.1. The quantitative estimate of drug-likeness (QED) is 0.544. The third kappa shape index (κ3) is 1.50. The summed E-state index contributed by atoms with van der Waals surface area (Å²) in [5, 5.41) is 0. The minimum Gasteiger partial charge on any atom is -0.294 e. The van der Waals surface area contributed by atoms with Gasteiger partial charge in [-0.15, -0.1) is 0 Å². The Bertz CT molecular complexity index is 248. The topological polar surface area (TPSA) is 17.1 Å². The van der Waals surface area contributed by atoms with Crippen LogP contribution in [0.1, 0.15) is 27.2 Å². The fourth-order valence-corrected chi connectivity index (χ4v) is 1.78. The lowest BCUT2D eigenvalue weighted by Gasteiger charge is -2.26. The molecule has 0 saturated heterocycles. The number of carbonyl (C=O) groups excluding carboxylic acids is 1. The van der Waals surface area contributed by atoms with Gasteiger partial charge in [-0.2, -0.15) is 0 Å². The van der Waals surface area contributed by atoms with E-state index in [2.05, 4.69) is 6.58 Å². The highest BCUT2D eigenvalue weighted by Crippen LogP contribution is 2.30. The molecule has 0 N–H and O–H groups in total. The predicted octanol–water partition coefficient (Wildman–Crippen LogP) is 2.73. The number of hydrogen-bond donors (Lipinski definition) is 0. The highest BCUT2D eigenvalue weighted by Gasteiger charge is 2.27. The van der Waals surface area contributed by atoms with Gasteiger partial charge >= 0.3 is 0 Å². The van der Waals surface area contributed by atoms with Gasteiger partial charge in [0, 0.05) is 5.92 Å². The van der Waals surface area contributed by atoms with Crippen LogP contribution in [-0.2, 0) is 4.79 Å². The molecule has 12 heavy (non-hydrogen) atoms. The summed E-state index contributed by atoms with van der Waals surface area (Å²) in [6, 6.07) is 0. The second kappa shape index (κ2) is 3.26. The van der Waals surface area contributed by atoms with E-state index in [4.69, 9.17) is 0 Å². The Morgan fingerprint density at radius 2 is 2.25 bits per heavy atom. The first-order valence-corrected chi connectivity index (χ1v) is 4.40. The van der Waals surface area contributed by atoms with Gasteiger partial charge in [-0.1, -0.05) is 25.2 Å². The molecule has 0 aliphatic heterocycles. The van der Waals surface area contributed by atoms with Gasteiger partial charge in [0.15, 0.2) is 5.78 Å². The Morgan fingerprint density at radius 3 is 2.75 bits per heavy atom. The second-order valence-corrected chi connectivity index (χ2v) is 3.73. The van der Waals surface area contributed by atoms with Gasteiger partial charge in [0.2, 0.25) is 0 Å². The molecule has 0 unspecified atom stereocenters. The first-order chi connectivity index (χ1) is 5.54. The average Bonchev–Trinajstić information content (AvgIpc) is 2.00. The van der Waals surface area contributed by atoms with Crippen molar-refractivity contribution >= 4 is 5.78 Å². The van der Waals surface area contributed by atoms with Crippen LogP contribution in [0, 0.1) is 11.8 Å². The normalized spacial score (nSPS) is 29.9. The van der Waals surface area contributed by atoms with Gasteiger partial charge < -0.3 is 0 Å². The molecule has 0 aromatic heterocycles. The Hall–Kier alpha value is -0.850. The summed E-state index contributed by atoms with van der Waals surface area (Å²) in [6.45, 7) is 9.80. The monoisotopic (exact) mass is 164 g/mol. The zero-order valence-electron chi connectivity index (χ0n) is 8.05. The van der Waals surface area contributed by atoms with Crippen LogP contribution in [0.15, 0.2) is 23.8 Å². The maximum absolute atomic E-state index is 11.5. The molecule has 0 aromatic rings. The van der Waals surface area contributed by atoms with E-state index >= 15 is 0 Å². The van der Waals surface area contributed by atoms with Gasteiger partial charge in [0.25, 0.3) is 0 Å². The van der Waals surface area contributed by atoms with Gasteiger partial charge in [-0.05, 0) is 31.8 Å². The predicted molar refractivity (Wildman–Crippen MR) is 50.8 cm³/mol. The lowest BCUT2D eigenvalue weighted by atomic mass is 9.77. The van der Waals surface area contributed by atoms with Crippen LogP contribution in [0.4, 0.5) is 0 Å². The number of rotatable bonds is 1. The molecule has 0 fully saturated rings. The van der Waals surface area contributed by atoms with E-state index in [9.17, 15) is 4.79 Å². The molecule has 0 bridgehead atoms. The Labute approximate surface area is 74.2 Å². The van der Waals surface area contributed by atoms with Crippen molar-refractivity contribution < 1.29 is 4.79 Å². The number of carbonyl (C=O) groups is 1. The van der Waals surface area contributed by atoms with Crippen LogP contribution in [0.25, 0.3) is 0 Å². The van der Waals surface area contributed by atoms with E-state index in [1.54, 1.807) is 0 Å². The largest absolute Gasteiger partial charge is 0.294 e. The molecule has 0 amide bonds. The molecule has 1 nitrogen and oxygen atoms in total. The molecule has 0 radical (unpaired) electrons. The lowest BCUT2D eigenvalue weighted by molar-refractivity contribution is -0.120. The van der Waals surface area contributed by atoms with Crippen molar-refractivity contribution in [1.29, 1.82) is 0 Å². The first kappa shape index (κ1) is 9.24. The van der Waals surface area contributed by atoms with Crippen molar-refractivity contribution in [2.24, 2.45) is 11.8 Å². The second-order valence-electron chi connectivity index (χ2n) is 3.73. The smallest absolute Gasteiger partial charge is 0.161 e. The molecule has 1 aliphatic carbocycles. The summed E-state index contributed by atoms with van der Waals surface area (Å²) >= 11 is 0. The molecule has 0 saturated carbocycles. The molecular formula is C11H16O. The fourth-order valence-electron chi connectivity index (χ4n) is 1.78. The lowest BCUT2D eigenvalue weighted by Crippen LogP contribution is -2.25. The summed E-state index contributed by atoms with van der Waals surface area (Å²) in [4.78, 5) is 11.5. The van der Waals surface area contributed by atoms with Gasteiger partial charge in [-0.3, -0.25) is 4.79 Å². The minimum absolute atomic E-state index is 0.132. The highest BCUT2D eigenvalue weighted by molar-refractivity contribution is 5.97. The first-order valence-electron chi connectivity index (χ1n) is 4.40. The molecule has 1 heteroatoms. The molecule has 0 aromatic carbocycles. The summed E-state index contributed by atoms with van der Waals surface area (Å²) < 4.78 is 0. The van der Waals surface area contributed by atoms with Crippen molar-refractivity contribution in [2.75, 3.05) is 0 Å². The Kier molecular flexibility index (Phi) is 2.51. The number of hydrogen-bond acceptors (Lipinski definition) is 1. The van der Waals surface area contributed by atoms with E-state index in [0.717, 1.165) is 17.6 Å². The Balaban J connectivity index is 2.87. The number of allylic oxidation sites excluding steroid dienone is 3. The third-order valence-electron chi connectivity index (χ3n) is 2.72. The zero-order valence-corrected chi connectivity index (χ0v) is 8.05. The summed E-state index contributed by atoms with van der Waals surface area (Å²) in [5.74, 6) is 0.781. The maximum atomic E-state index is 11.5. The van der Waals surface area contributed by atoms with E-state index in [1.165, 1.54) is 0 Å². The van der Waals surface area contributed by atoms with Gasteiger partial charge in [0.1, 0.15) is 0 Å². The van der Waals surface area contributed by atoms with Crippen molar-refractivity contribution in [3.05, 3.63) is 23.8 Å². The van der Waals surface area contributed by atoms with E-state index in [-0.39, 0.29) is 11.7 Å². The number of Topliss-reactive ketones (excluding diaryl/α,β-unsaturated/α-hetero) is 1. The van der Waals surface area contributed by atoms with Crippen molar-refractivity contribution in [1.82, 2.24) is 0 Å². The molecule has 2 atom stereocenters. The van der Waals surface area contributed by atoms with Crippen molar-refractivity contribution in [3.63, 3.8) is 0 Å². The SMILES string of the molecule is C=C(C)[C@@H]1CC=C(C)C(=O)[C@@H]1C. The summed E-state index contributed by atoms with van der Waals surface area (Å²) in [7, 11) is 0. The van der Waals surface area contributed by atoms with Crippen molar-refractivity contribution in [2.45, 2.75) is 27.2 Å². The zero-order chi connectivity index (χ0) is 9.30. The molecule has 0 heterocycles. The molecule has 0 spiro atoms. The van der Waals surface area contributed by atoms with E-state index in [0.29, 0.717) is 5.92 Å². The molecule has 66 valence electrons. The average molecular weight is 164 g/mol. The van der Waals surface area contributed by atoms with Crippen LogP contribution in [0.5, 0.6) is 0 Å².